The van der Waals surface area contributed by atoms with Crippen molar-refractivity contribution in [1.82, 2.24) is 14.3 Å². The van der Waals surface area contributed by atoms with E-state index in [1.54, 1.807) is 53.9 Å². The van der Waals surface area contributed by atoms with Gasteiger partial charge in [0.15, 0.2) is 0 Å². The van der Waals surface area contributed by atoms with Crippen molar-refractivity contribution in [3.8, 4) is 5.69 Å². The normalized spacial score (nSPS) is 11.3. The van der Waals surface area contributed by atoms with E-state index in [0.29, 0.717) is 24.5 Å². The van der Waals surface area contributed by atoms with Crippen LogP contribution in [-0.2, 0) is 17.1 Å². The molecule has 34 heavy (non-hydrogen) atoms. The topological polar surface area (TPSA) is 84.6 Å². The molecule has 1 heterocycles. The van der Waals surface area contributed by atoms with Crippen LogP contribution in [0.2, 0.25) is 0 Å². The fraction of sp³-hybridized carbons (Fsp3) is 0.280. The Morgan fingerprint density at radius 1 is 1.09 bits per heavy atom. The van der Waals surface area contributed by atoms with Crippen LogP contribution in [-0.4, -0.2) is 48.7 Å². The first kappa shape index (κ1) is 25.0. The number of likely N-dealkylation sites (N-methyl/N-ethyl adjacent to an activating group) is 1. The van der Waals surface area contributed by atoms with Crippen LogP contribution >= 0.6 is 0 Å². The molecule has 3 aromatic rings. The van der Waals surface area contributed by atoms with Gasteiger partial charge in [0, 0.05) is 32.7 Å². The summed E-state index contributed by atoms with van der Waals surface area (Å²) < 4.78 is 31.1. The summed E-state index contributed by atoms with van der Waals surface area (Å²) in [5.41, 5.74) is 1.78. The van der Waals surface area contributed by atoms with Gasteiger partial charge in [-0.15, -0.1) is 0 Å². The van der Waals surface area contributed by atoms with Gasteiger partial charge in [-0.05, 0) is 51.1 Å². The Morgan fingerprint density at radius 2 is 1.74 bits per heavy atom. The Labute approximate surface area is 200 Å². The average Bonchev–Trinajstić information content (AvgIpc) is 3.04. The van der Waals surface area contributed by atoms with Gasteiger partial charge >= 0.3 is 0 Å². The second kappa shape index (κ2) is 9.72. The maximum Gasteiger partial charge on any atom is 0.296 e. The molecule has 0 spiro atoms. The van der Waals surface area contributed by atoms with Gasteiger partial charge in [0.2, 0.25) is 0 Å². The number of sulfonamides is 1. The van der Waals surface area contributed by atoms with Crippen molar-refractivity contribution in [1.29, 1.82) is 0 Å². The molecule has 180 valence electrons. The van der Waals surface area contributed by atoms with E-state index in [0.717, 1.165) is 9.88 Å². The van der Waals surface area contributed by atoms with E-state index >= 15 is 0 Å². The minimum Gasteiger partial charge on any atom is -0.335 e. The molecule has 2 aromatic carbocycles. The van der Waals surface area contributed by atoms with E-state index in [4.69, 9.17) is 0 Å². The van der Waals surface area contributed by atoms with Crippen LogP contribution in [0.3, 0.4) is 0 Å². The van der Waals surface area contributed by atoms with Gasteiger partial charge < -0.3 is 4.90 Å². The van der Waals surface area contributed by atoms with Crippen LogP contribution < -0.4 is 9.86 Å². The summed E-state index contributed by atoms with van der Waals surface area (Å²) in [5, 5.41) is 0. The second-order valence-corrected chi connectivity index (χ2v) is 10.2. The lowest BCUT2D eigenvalue weighted by Crippen LogP contribution is -2.33. The molecular weight excluding hydrogens is 452 g/mol. The number of amides is 1. The highest BCUT2D eigenvalue weighted by Gasteiger charge is 2.29. The number of para-hydroxylation sites is 1. The van der Waals surface area contributed by atoms with Crippen molar-refractivity contribution < 1.29 is 13.2 Å². The van der Waals surface area contributed by atoms with Crippen LogP contribution in [0.25, 0.3) is 5.69 Å². The van der Waals surface area contributed by atoms with Gasteiger partial charge in [0.25, 0.3) is 21.5 Å². The molecule has 0 bridgehead atoms. The summed E-state index contributed by atoms with van der Waals surface area (Å²) in [7, 11) is -1.06. The number of nitrogens with zero attached hydrogens (tertiary/aromatic N) is 4. The number of hydrogen-bond acceptors (Lipinski definition) is 4. The fourth-order valence-electron chi connectivity index (χ4n) is 3.82. The summed E-state index contributed by atoms with van der Waals surface area (Å²) in [6.45, 7) is 10.1. The van der Waals surface area contributed by atoms with Crippen molar-refractivity contribution >= 4 is 21.6 Å². The predicted octanol–water partition coefficient (Wildman–Crippen LogP) is 3.35. The van der Waals surface area contributed by atoms with Crippen molar-refractivity contribution in [3.05, 3.63) is 88.4 Å². The zero-order valence-corrected chi connectivity index (χ0v) is 21.0. The van der Waals surface area contributed by atoms with Gasteiger partial charge in [0.1, 0.15) is 5.69 Å². The number of anilines is 1. The van der Waals surface area contributed by atoms with Crippen LogP contribution in [0, 0.1) is 6.92 Å². The lowest BCUT2D eigenvalue weighted by atomic mass is 10.2. The molecule has 0 atom stereocenters. The molecular formula is C25H30N4O4S. The van der Waals surface area contributed by atoms with Gasteiger partial charge in [-0.1, -0.05) is 36.4 Å². The zero-order valence-electron chi connectivity index (χ0n) is 20.1. The smallest absolute Gasteiger partial charge is 0.296 e. The molecule has 0 aliphatic heterocycles. The number of rotatable bonds is 8. The molecule has 8 nitrogen and oxygen atoms in total. The molecule has 0 saturated heterocycles. The highest BCUT2D eigenvalue weighted by Crippen LogP contribution is 2.24. The molecule has 0 aliphatic carbocycles. The molecule has 9 heteroatoms. The molecule has 0 unspecified atom stereocenters. The van der Waals surface area contributed by atoms with E-state index < -0.39 is 15.6 Å². The molecule has 3 rings (SSSR count). The number of hydrogen-bond donors (Lipinski definition) is 0. The van der Waals surface area contributed by atoms with Crippen LogP contribution in [0.1, 0.15) is 29.9 Å². The number of carbonyl (C=O) groups is 1. The van der Waals surface area contributed by atoms with Crippen molar-refractivity contribution in [3.63, 3.8) is 0 Å². The molecule has 0 radical (unpaired) electrons. The third-order valence-corrected chi connectivity index (χ3v) is 7.46. The number of aromatic nitrogens is 2. The molecule has 1 aromatic heterocycles. The van der Waals surface area contributed by atoms with Crippen LogP contribution in [0.4, 0.5) is 5.69 Å². The van der Waals surface area contributed by atoms with Gasteiger partial charge in [-0.2, -0.15) is 0 Å². The summed E-state index contributed by atoms with van der Waals surface area (Å²) in [4.78, 5) is 27.8. The Bertz CT molecular complexity index is 1390. The Balaban J connectivity index is 2.04. The first-order valence-electron chi connectivity index (χ1n) is 10.9. The first-order valence-corrected chi connectivity index (χ1v) is 12.3. The summed E-state index contributed by atoms with van der Waals surface area (Å²) in [6.07, 6.45) is 0. The van der Waals surface area contributed by atoms with Crippen molar-refractivity contribution in [2.75, 3.05) is 24.4 Å². The van der Waals surface area contributed by atoms with Crippen LogP contribution in [0.15, 0.2) is 76.4 Å². The minimum absolute atomic E-state index is 0.0422. The molecule has 0 N–H and O–H groups in total. The van der Waals surface area contributed by atoms with E-state index in [9.17, 15) is 18.0 Å². The quantitative estimate of drug-likeness (QED) is 0.461. The molecule has 0 fully saturated rings. The highest BCUT2D eigenvalue weighted by atomic mass is 32.2. The predicted molar refractivity (Wildman–Crippen MR) is 134 cm³/mol. The van der Waals surface area contributed by atoms with E-state index in [1.165, 1.54) is 29.9 Å². The summed E-state index contributed by atoms with van der Waals surface area (Å²) in [6, 6.07) is 14.9. The lowest BCUT2D eigenvalue weighted by Gasteiger charge is -2.22. The third kappa shape index (κ3) is 4.56. The second-order valence-electron chi connectivity index (χ2n) is 8.19. The monoisotopic (exact) mass is 482 g/mol. The van der Waals surface area contributed by atoms with Gasteiger partial charge in [-0.3, -0.25) is 18.6 Å². The number of carbonyl (C=O) groups excluding carboxylic acids is 1. The Hall–Kier alpha value is -3.59. The lowest BCUT2D eigenvalue weighted by molar-refractivity contribution is 0.0778. The molecule has 0 aliphatic rings. The maximum atomic E-state index is 13.5. The highest BCUT2D eigenvalue weighted by molar-refractivity contribution is 7.92. The summed E-state index contributed by atoms with van der Waals surface area (Å²) in [5.74, 6) is -0.285. The Morgan fingerprint density at radius 3 is 2.32 bits per heavy atom. The van der Waals surface area contributed by atoms with Gasteiger partial charge in [-0.25, -0.2) is 13.1 Å². The van der Waals surface area contributed by atoms with Crippen molar-refractivity contribution in [2.45, 2.75) is 25.7 Å². The SMILES string of the molecule is C=C(C)CN(CC)C(=O)c1cccc(S(=O)(=O)N(C)c2c(C)n(C)n(-c3ccccc3)c2=O)c1. The minimum atomic E-state index is -4.12. The zero-order chi connectivity index (χ0) is 25.2. The van der Waals surface area contributed by atoms with E-state index in [2.05, 4.69) is 6.58 Å². The average molecular weight is 483 g/mol. The third-order valence-electron chi connectivity index (χ3n) is 5.71. The van der Waals surface area contributed by atoms with Gasteiger partial charge in [0.05, 0.1) is 16.3 Å². The first-order chi connectivity index (χ1) is 16.0. The standard InChI is InChI=1S/C25H30N4O4S/c1-7-28(17-18(2)3)24(30)20-12-11-15-22(16-20)34(32,33)27(6)23-19(4)26(5)29(25(23)31)21-13-9-8-10-14-21/h8-16H,2,7,17H2,1,3-6H3. The molecule has 1 amide bonds. The summed E-state index contributed by atoms with van der Waals surface area (Å²) >= 11 is 0. The Kier molecular flexibility index (Phi) is 7.16. The number of benzene rings is 2. The fourth-order valence-corrected chi connectivity index (χ4v) is 5.11. The van der Waals surface area contributed by atoms with Crippen LogP contribution in [0.5, 0.6) is 0 Å². The van der Waals surface area contributed by atoms with Crippen molar-refractivity contribution in [2.24, 2.45) is 7.05 Å². The van der Waals surface area contributed by atoms with E-state index in [-0.39, 0.29) is 22.1 Å². The largest absolute Gasteiger partial charge is 0.335 e. The molecule has 0 saturated carbocycles. The van der Waals surface area contributed by atoms with E-state index in [1.807, 2.05) is 19.9 Å². The maximum absolute atomic E-state index is 13.5.